The first-order valence-electron chi connectivity index (χ1n) is 9.45. The summed E-state index contributed by atoms with van der Waals surface area (Å²) < 4.78 is 11.2. The zero-order valence-electron chi connectivity index (χ0n) is 17.7. The van der Waals surface area contributed by atoms with Crippen molar-refractivity contribution in [3.05, 3.63) is 58.7 Å². The Kier molecular flexibility index (Phi) is 4.41. The molecule has 0 saturated carbocycles. The molecule has 3 rings (SSSR count). The number of esters is 1. The Hall–Kier alpha value is -2.29. The quantitative estimate of drug-likeness (QED) is 0.519. The van der Waals surface area contributed by atoms with E-state index in [-0.39, 0.29) is 16.8 Å². The molecular formula is C24H30O3. The molecule has 1 aliphatic heterocycles. The van der Waals surface area contributed by atoms with Crippen molar-refractivity contribution >= 4 is 5.97 Å². The number of hydrogen-bond acceptors (Lipinski definition) is 3. The normalized spacial score (nSPS) is 19.6. The largest absolute Gasteiger partial charge is 0.497 e. The highest BCUT2D eigenvalue weighted by molar-refractivity contribution is 5.94. The average molecular weight is 367 g/mol. The molecule has 0 amide bonds. The van der Waals surface area contributed by atoms with Crippen LogP contribution in [-0.2, 0) is 21.0 Å². The van der Waals surface area contributed by atoms with Crippen molar-refractivity contribution in [3.63, 3.8) is 0 Å². The van der Waals surface area contributed by atoms with E-state index in [1.165, 1.54) is 5.56 Å². The summed E-state index contributed by atoms with van der Waals surface area (Å²) in [4.78, 5) is 13.1. The second-order valence-corrected chi connectivity index (χ2v) is 9.64. The third kappa shape index (κ3) is 3.13. The van der Waals surface area contributed by atoms with Gasteiger partial charge < -0.3 is 9.47 Å². The van der Waals surface area contributed by atoms with Gasteiger partial charge in [0.05, 0.1) is 7.11 Å². The summed E-state index contributed by atoms with van der Waals surface area (Å²) in [5, 5.41) is 0. The Morgan fingerprint density at radius 1 is 0.926 bits per heavy atom. The molecular weight excluding hydrogens is 336 g/mol. The summed E-state index contributed by atoms with van der Waals surface area (Å²) in [7, 11) is 1.64. The van der Waals surface area contributed by atoms with Gasteiger partial charge in [-0.25, -0.2) is 0 Å². The highest BCUT2D eigenvalue weighted by Gasteiger charge is 2.49. The van der Waals surface area contributed by atoms with Gasteiger partial charge in [-0.2, -0.15) is 0 Å². The molecule has 1 aliphatic rings. The van der Waals surface area contributed by atoms with Crippen LogP contribution in [-0.4, -0.2) is 13.1 Å². The van der Waals surface area contributed by atoms with Crippen LogP contribution >= 0.6 is 0 Å². The standard InChI is InChI=1S/C24H30O3/c1-22(2,3)16-13-18(23(4,5)6)20-19(14-16)24(7,21(25)27-20)15-9-11-17(26-8)12-10-15/h9-14H,1-8H3. The number of carbonyl (C=O) groups excluding carboxylic acids is 1. The lowest BCUT2D eigenvalue weighted by Gasteiger charge is -2.28. The summed E-state index contributed by atoms with van der Waals surface area (Å²) in [6, 6.07) is 12.0. The fraction of sp³-hybridized carbons (Fsp3) is 0.458. The zero-order chi connectivity index (χ0) is 20.2. The van der Waals surface area contributed by atoms with E-state index >= 15 is 0 Å². The van der Waals surface area contributed by atoms with E-state index < -0.39 is 5.41 Å². The van der Waals surface area contributed by atoms with E-state index in [0.29, 0.717) is 0 Å². The van der Waals surface area contributed by atoms with Crippen molar-refractivity contribution in [2.45, 2.75) is 64.7 Å². The van der Waals surface area contributed by atoms with E-state index in [1.807, 2.05) is 31.2 Å². The smallest absolute Gasteiger partial charge is 0.326 e. The molecule has 1 unspecified atom stereocenters. The highest BCUT2D eigenvalue weighted by atomic mass is 16.5. The molecule has 0 radical (unpaired) electrons. The van der Waals surface area contributed by atoms with Crippen LogP contribution in [0.4, 0.5) is 0 Å². The minimum atomic E-state index is -0.830. The molecule has 0 N–H and O–H groups in total. The van der Waals surface area contributed by atoms with Crippen LogP contribution in [0.15, 0.2) is 36.4 Å². The Labute approximate surface area is 162 Å². The van der Waals surface area contributed by atoms with Gasteiger partial charge in [0.2, 0.25) is 0 Å². The molecule has 0 aromatic heterocycles. The average Bonchev–Trinajstić information content (AvgIpc) is 2.84. The lowest BCUT2D eigenvalue weighted by Crippen LogP contribution is -2.31. The van der Waals surface area contributed by atoms with Crippen LogP contribution in [0.2, 0.25) is 0 Å². The predicted octanol–water partition coefficient (Wildman–Crippen LogP) is 5.52. The summed E-state index contributed by atoms with van der Waals surface area (Å²) >= 11 is 0. The van der Waals surface area contributed by atoms with Gasteiger partial charge in [-0.3, -0.25) is 4.79 Å². The van der Waals surface area contributed by atoms with Crippen molar-refractivity contribution < 1.29 is 14.3 Å². The summed E-state index contributed by atoms with van der Waals surface area (Å²) in [5.74, 6) is 1.27. The molecule has 2 aromatic carbocycles. The van der Waals surface area contributed by atoms with Crippen molar-refractivity contribution in [2.75, 3.05) is 7.11 Å². The molecule has 1 heterocycles. The number of methoxy groups -OCH3 is 1. The number of benzene rings is 2. The molecule has 0 spiro atoms. The van der Waals surface area contributed by atoms with Crippen molar-refractivity contribution in [2.24, 2.45) is 0 Å². The first kappa shape index (κ1) is 19.5. The maximum Gasteiger partial charge on any atom is 0.326 e. The Bertz CT molecular complexity index is 880. The van der Waals surface area contributed by atoms with E-state index in [2.05, 4.69) is 53.7 Å². The van der Waals surface area contributed by atoms with Crippen molar-refractivity contribution in [1.29, 1.82) is 0 Å². The van der Waals surface area contributed by atoms with Crippen LogP contribution in [0.25, 0.3) is 0 Å². The van der Waals surface area contributed by atoms with E-state index in [4.69, 9.17) is 9.47 Å². The first-order chi connectivity index (χ1) is 12.4. The van der Waals surface area contributed by atoms with Gasteiger partial charge in [0.15, 0.2) is 0 Å². The molecule has 0 aliphatic carbocycles. The topological polar surface area (TPSA) is 35.5 Å². The lowest BCUT2D eigenvalue weighted by atomic mass is 9.72. The molecule has 144 valence electrons. The van der Waals surface area contributed by atoms with Gasteiger partial charge in [-0.15, -0.1) is 0 Å². The molecule has 3 nitrogen and oxygen atoms in total. The number of ether oxygens (including phenoxy) is 2. The molecule has 3 heteroatoms. The van der Waals surface area contributed by atoms with E-state index in [0.717, 1.165) is 28.2 Å². The van der Waals surface area contributed by atoms with Gasteiger partial charge in [-0.05, 0) is 41.0 Å². The maximum absolute atomic E-state index is 13.1. The Balaban J connectivity index is 2.29. The Morgan fingerprint density at radius 3 is 2.00 bits per heavy atom. The molecule has 1 atom stereocenters. The third-order valence-corrected chi connectivity index (χ3v) is 5.57. The molecule has 2 aromatic rings. The summed E-state index contributed by atoms with van der Waals surface area (Å²) in [5.41, 5.74) is 3.17. The summed E-state index contributed by atoms with van der Waals surface area (Å²) in [6.45, 7) is 15.0. The molecule has 0 bridgehead atoms. The van der Waals surface area contributed by atoms with Gasteiger partial charge in [0.1, 0.15) is 16.9 Å². The van der Waals surface area contributed by atoms with Crippen molar-refractivity contribution in [1.82, 2.24) is 0 Å². The SMILES string of the molecule is COc1ccc(C2(C)C(=O)Oc3c(C(C)(C)C)cc(C(C)(C)C)cc32)cc1. The number of rotatable bonds is 2. The zero-order valence-corrected chi connectivity index (χ0v) is 17.7. The molecule has 0 saturated heterocycles. The van der Waals surface area contributed by atoms with Gasteiger partial charge >= 0.3 is 5.97 Å². The lowest BCUT2D eigenvalue weighted by molar-refractivity contribution is -0.136. The van der Waals surface area contributed by atoms with Crippen LogP contribution in [0, 0.1) is 0 Å². The number of carbonyl (C=O) groups is 1. The fourth-order valence-corrected chi connectivity index (χ4v) is 3.60. The second kappa shape index (κ2) is 6.12. The second-order valence-electron chi connectivity index (χ2n) is 9.64. The number of fused-ring (bicyclic) bond motifs is 1. The van der Waals surface area contributed by atoms with Gasteiger partial charge in [-0.1, -0.05) is 65.8 Å². The molecule has 27 heavy (non-hydrogen) atoms. The monoisotopic (exact) mass is 366 g/mol. The molecule has 0 fully saturated rings. The van der Waals surface area contributed by atoms with E-state index in [1.54, 1.807) is 7.11 Å². The predicted molar refractivity (Wildman–Crippen MR) is 109 cm³/mol. The first-order valence-corrected chi connectivity index (χ1v) is 9.45. The minimum absolute atomic E-state index is 0.0263. The maximum atomic E-state index is 13.1. The summed E-state index contributed by atoms with van der Waals surface area (Å²) in [6.07, 6.45) is 0. The highest BCUT2D eigenvalue weighted by Crippen LogP contribution is 2.50. The van der Waals surface area contributed by atoms with Gasteiger partial charge in [0.25, 0.3) is 0 Å². The van der Waals surface area contributed by atoms with Crippen molar-refractivity contribution in [3.8, 4) is 11.5 Å². The number of hydrogen-bond donors (Lipinski definition) is 0. The van der Waals surface area contributed by atoms with Crippen LogP contribution in [0.1, 0.15) is 70.7 Å². The van der Waals surface area contributed by atoms with Gasteiger partial charge in [0, 0.05) is 11.1 Å². The Morgan fingerprint density at radius 2 is 1.52 bits per heavy atom. The van der Waals surface area contributed by atoms with Crippen LogP contribution in [0.3, 0.4) is 0 Å². The third-order valence-electron chi connectivity index (χ3n) is 5.57. The van der Waals surface area contributed by atoms with Crippen LogP contribution in [0.5, 0.6) is 11.5 Å². The minimum Gasteiger partial charge on any atom is -0.497 e. The van der Waals surface area contributed by atoms with E-state index in [9.17, 15) is 4.79 Å². The fourth-order valence-electron chi connectivity index (χ4n) is 3.60. The van der Waals surface area contributed by atoms with Crippen LogP contribution < -0.4 is 9.47 Å².